The molecule has 1 amide bonds. The maximum Gasteiger partial charge on any atom is 0.435 e. The highest BCUT2D eigenvalue weighted by atomic mass is 19.4. The van der Waals surface area contributed by atoms with Gasteiger partial charge in [0.15, 0.2) is 17.2 Å². The van der Waals surface area contributed by atoms with E-state index in [9.17, 15) is 18.0 Å². The molecule has 0 saturated carbocycles. The van der Waals surface area contributed by atoms with E-state index in [1.165, 1.54) is 29.2 Å². The molecule has 0 radical (unpaired) electrons. The van der Waals surface area contributed by atoms with Crippen LogP contribution in [0.1, 0.15) is 28.5 Å². The van der Waals surface area contributed by atoms with Crippen LogP contribution in [0.25, 0.3) is 16.9 Å². The third-order valence-electron chi connectivity index (χ3n) is 5.78. The number of alkyl halides is 3. The second-order valence-corrected chi connectivity index (χ2v) is 8.41. The molecule has 4 rings (SSSR count). The van der Waals surface area contributed by atoms with E-state index in [1.807, 2.05) is 13.0 Å². The minimum atomic E-state index is -4.68. The van der Waals surface area contributed by atoms with Gasteiger partial charge in [-0.25, -0.2) is 9.97 Å². The maximum absolute atomic E-state index is 13.7. The Kier molecular flexibility index (Phi) is 8.48. The molecule has 39 heavy (non-hydrogen) atoms. The van der Waals surface area contributed by atoms with Gasteiger partial charge in [-0.2, -0.15) is 18.3 Å². The first-order valence-electron chi connectivity index (χ1n) is 12.1. The summed E-state index contributed by atoms with van der Waals surface area (Å²) in [7, 11) is 0. The highest BCUT2D eigenvalue weighted by Crippen LogP contribution is 2.37. The molecule has 4 N–H and O–H groups in total. The minimum Gasteiger partial charge on any atom is -0.378 e. The molecule has 0 saturated heterocycles. The fourth-order valence-electron chi connectivity index (χ4n) is 4.04. The van der Waals surface area contributed by atoms with E-state index < -0.39 is 11.9 Å². The second kappa shape index (κ2) is 12.0. The van der Waals surface area contributed by atoms with Crippen LogP contribution < -0.4 is 16.4 Å². The van der Waals surface area contributed by atoms with Crippen LogP contribution >= 0.6 is 0 Å². The molecule has 0 aliphatic heterocycles. The van der Waals surface area contributed by atoms with Crippen molar-refractivity contribution in [2.24, 2.45) is 5.73 Å². The Labute approximate surface area is 222 Å². The zero-order valence-corrected chi connectivity index (χ0v) is 21.1. The molecule has 0 spiro atoms. The zero-order chi connectivity index (χ0) is 28.0. The molecule has 204 valence electrons. The van der Waals surface area contributed by atoms with Crippen LogP contribution in [-0.2, 0) is 23.9 Å². The van der Waals surface area contributed by atoms with Gasteiger partial charge in [0.1, 0.15) is 6.54 Å². The summed E-state index contributed by atoms with van der Waals surface area (Å²) in [6, 6.07) is 5.24. The number of ether oxygens (including phenoxy) is 1. The molecule has 0 fully saturated rings. The first-order valence-corrected chi connectivity index (χ1v) is 12.1. The fourth-order valence-corrected chi connectivity index (χ4v) is 4.04. The molecule has 0 unspecified atom stereocenters. The van der Waals surface area contributed by atoms with Gasteiger partial charge >= 0.3 is 6.18 Å². The summed E-state index contributed by atoms with van der Waals surface area (Å²) in [6.07, 6.45) is 6.72. The number of carbonyl (C=O) groups excluding carboxylic acids is 1. The summed E-state index contributed by atoms with van der Waals surface area (Å²) in [6.45, 7) is 3.38. The summed E-state index contributed by atoms with van der Waals surface area (Å²) in [4.78, 5) is 21.3. The quantitative estimate of drug-likeness (QED) is 0.197. The third kappa shape index (κ3) is 6.19. The van der Waals surface area contributed by atoms with Crippen molar-refractivity contribution < 1.29 is 22.7 Å². The summed E-state index contributed by atoms with van der Waals surface area (Å²) >= 11 is 0. The number of amides is 1. The maximum atomic E-state index is 13.7. The van der Waals surface area contributed by atoms with Crippen LogP contribution in [0, 0.1) is 12.3 Å². The molecule has 3 aromatic heterocycles. The highest BCUT2D eigenvalue weighted by Gasteiger charge is 2.38. The number of nitrogens with one attached hydrogen (secondary N) is 2. The zero-order valence-electron chi connectivity index (χ0n) is 21.1. The molecule has 0 atom stereocenters. The number of terminal acetylenes is 1. The van der Waals surface area contributed by atoms with E-state index in [2.05, 4.69) is 31.6 Å². The van der Waals surface area contributed by atoms with E-state index >= 15 is 0 Å². The van der Waals surface area contributed by atoms with Crippen molar-refractivity contribution in [1.82, 2.24) is 29.5 Å². The summed E-state index contributed by atoms with van der Waals surface area (Å²) < 4.78 is 49.0. The largest absolute Gasteiger partial charge is 0.435 e. The van der Waals surface area contributed by atoms with Gasteiger partial charge in [-0.3, -0.25) is 13.9 Å². The molecular weight excluding hydrogens is 513 g/mol. The number of aryl methyl sites for hydroxylation is 1. The Morgan fingerprint density at radius 1 is 1.26 bits per heavy atom. The van der Waals surface area contributed by atoms with Gasteiger partial charge in [-0.05, 0) is 30.2 Å². The van der Waals surface area contributed by atoms with Crippen molar-refractivity contribution in [2.45, 2.75) is 26.1 Å². The number of fused-ring (bicyclic) bond motifs is 1. The average molecular weight is 541 g/mol. The van der Waals surface area contributed by atoms with Crippen molar-refractivity contribution in [2.75, 3.05) is 31.6 Å². The average Bonchev–Trinajstić information content (AvgIpc) is 3.53. The number of rotatable bonds is 11. The predicted molar refractivity (Wildman–Crippen MR) is 139 cm³/mol. The standard InChI is InChI=1S/C26H27F3N8O2/c1-3-10-36-16-20(22(35-36)26(27,28)29)21-15-33-24-23(31-8-11-37(21)24)34-18-5-6-19(17(4-2)14-18)25(38)32-9-13-39-12-7-30/h1,5-6,8,11,14-16H,4,7,9-10,12-13,30H2,2H3,(H,31,34)(H,32,38). The predicted octanol–water partition coefficient (Wildman–Crippen LogP) is 3.26. The number of hydrogen-bond acceptors (Lipinski definition) is 7. The molecule has 0 aliphatic rings. The van der Waals surface area contributed by atoms with Crippen molar-refractivity contribution in [1.29, 1.82) is 0 Å². The number of halogens is 3. The Hall–Kier alpha value is -4.41. The minimum absolute atomic E-state index is 0.107. The lowest BCUT2D eigenvalue weighted by molar-refractivity contribution is -0.141. The summed E-state index contributed by atoms with van der Waals surface area (Å²) in [5, 5.41) is 9.61. The van der Waals surface area contributed by atoms with E-state index in [0.29, 0.717) is 55.4 Å². The van der Waals surface area contributed by atoms with Gasteiger partial charge in [0, 0.05) is 42.9 Å². The number of benzene rings is 1. The molecule has 1 aromatic carbocycles. The van der Waals surface area contributed by atoms with Crippen LogP contribution in [0.15, 0.2) is 43.0 Å². The van der Waals surface area contributed by atoms with E-state index in [4.69, 9.17) is 16.9 Å². The number of imidazole rings is 1. The number of carbonyl (C=O) groups is 1. The number of hydrogen-bond donors (Lipinski definition) is 3. The summed E-state index contributed by atoms with van der Waals surface area (Å²) in [5.74, 6) is 2.39. The Morgan fingerprint density at radius 3 is 2.79 bits per heavy atom. The van der Waals surface area contributed by atoms with Crippen molar-refractivity contribution in [3.8, 4) is 23.6 Å². The monoisotopic (exact) mass is 540 g/mol. The lowest BCUT2D eigenvalue weighted by Crippen LogP contribution is -2.28. The van der Waals surface area contributed by atoms with Crippen LogP contribution in [0.4, 0.5) is 24.7 Å². The van der Waals surface area contributed by atoms with Gasteiger partial charge in [-0.1, -0.05) is 12.8 Å². The number of nitrogens with two attached hydrogens (primary N) is 1. The Morgan fingerprint density at radius 2 is 2.08 bits per heavy atom. The summed E-state index contributed by atoms with van der Waals surface area (Å²) in [5.41, 5.74) is 6.62. The number of aromatic nitrogens is 5. The van der Waals surface area contributed by atoms with E-state index in [0.717, 1.165) is 10.2 Å². The molecule has 0 aliphatic carbocycles. The van der Waals surface area contributed by atoms with Gasteiger partial charge in [0.05, 0.1) is 30.7 Å². The smallest absolute Gasteiger partial charge is 0.378 e. The fraction of sp³-hybridized carbons (Fsp3) is 0.308. The van der Waals surface area contributed by atoms with Gasteiger partial charge in [0.25, 0.3) is 5.91 Å². The molecule has 4 aromatic rings. The van der Waals surface area contributed by atoms with Crippen LogP contribution in [0.3, 0.4) is 0 Å². The molecular formula is C26H27F3N8O2. The lowest BCUT2D eigenvalue weighted by Gasteiger charge is -2.13. The first-order chi connectivity index (χ1) is 18.8. The van der Waals surface area contributed by atoms with E-state index in [-0.39, 0.29) is 23.7 Å². The van der Waals surface area contributed by atoms with Crippen molar-refractivity contribution in [3.05, 3.63) is 59.8 Å². The van der Waals surface area contributed by atoms with Gasteiger partial charge < -0.3 is 21.1 Å². The van der Waals surface area contributed by atoms with Gasteiger partial charge in [0.2, 0.25) is 0 Å². The van der Waals surface area contributed by atoms with E-state index in [1.54, 1.807) is 12.1 Å². The van der Waals surface area contributed by atoms with Crippen molar-refractivity contribution in [3.63, 3.8) is 0 Å². The van der Waals surface area contributed by atoms with Crippen LogP contribution in [-0.4, -0.2) is 56.4 Å². The van der Waals surface area contributed by atoms with Crippen molar-refractivity contribution >= 4 is 23.1 Å². The first kappa shape index (κ1) is 27.6. The third-order valence-corrected chi connectivity index (χ3v) is 5.78. The van der Waals surface area contributed by atoms with Gasteiger partial charge in [-0.15, -0.1) is 6.42 Å². The SMILES string of the molecule is C#CCn1cc(-c2cnc3c(Nc4ccc(C(=O)NCCOCCN)c(CC)c4)nccn23)c(C(F)(F)F)n1. The molecule has 3 heterocycles. The topological polar surface area (TPSA) is 124 Å². The Bertz CT molecular complexity index is 1500. The molecule has 0 bridgehead atoms. The normalized spacial score (nSPS) is 11.5. The second-order valence-electron chi connectivity index (χ2n) is 8.41. The Balaban J connectivity index is 1.60. The number of anilines is 2. The lowest BCUT2D eigenvalue weighted by atomic mass is 10.0. The van der Waals surface area contributed by atoms with Crippen LogP contribution in [0.2, 0.25) is 0 Å². The highest BCUT2D eigenvalue weighted by molar-refractivity contribution is 5.96. The molecule has 13 heteroatoms. The molecule has 10 nitrogen and oxygen atoms in total. The van der Waals surface area contributed by atoms with Crippen LogP contribution in [0.5, 0.6) is 0 Å². The number of nitrogens with zero attached hydrogens (tertiary/aromatic N) is 5.